The van der Waals surface area contributed by atoms with Crippen molar-refractivity contribution in [3.05, 3.63) is 64.5 Å². The van der Waals surface area contributed by atoms with E-state index in [1.165, 1.54) is 22.4 Å². The smallest absolute Gasteiger partial charge is 0.0963 e. The second-order valence-electron chi connectivity index (χ2n) is 6.40. The maximum Gasteiger partial charge on any atom is 0.0963 e. The van der Waals surface area contributed by atoms with Crippen LogP contribution in [0.2, 0.25) is 0 Å². The predicted octanol–water partition coefficient (Wildman–Crippen LogP) is 4.02. The summed E-state index contributed by atoms with van der Waals surface area (Å²) in [5.41, 5.74) is 6.96. The fraction of sp³-hybridized carbons (Fsp3) is 0.350. The number of pyridine rings is 1. The van der Waals surface area contributed by atoms with Gasteiger partial charge < -0.3 is 10.4 Å². The van der Waals surface area contributed by atoms with E-state index >= 15 is 0 Å². The Labute approximate surface area is 137 Å². The molecular formula is C20H22N2O. The summed E-state index contributed by atoms with van der Waals surface area (Å²) in [6.07, 6.45) is 8.82. The lowest BCUT2D eigenvalue weighted by molar-refractivity contribution is 0.151. The van der Waals surface area contributed by atoms with Gasteiger partial charge in [-0.05, 0) is 49.3 Å². The molecule has 3 nitrogen and oxygen atoms in total. The SMILES string of the molecule is OC1CCCc2c1nc1c(c2NCc2ccccc2)CCC=C1. The third-order valence-electron chi connectivity index (χ3n) is 4.83. The zero-order chi connectivity index (χ0) is 15.6. The number of aliphatic hydroxyl groups excluding tert-OH is 1. The van der Waals surface area contributed by atoms with Crippen LogP contribution in [0.5, 0.6) is 0 Å². The second kappa shape index (κ2) is 6.17. The molecule has 0 spiro atoms. The molecule has 23 heavy (non-hydrogen) atoms. The van der Waals surface area contributed by atoms with Crippen molar-refractivity contribution < 1.29 is 5.11 Å². The molecule has 0 radical (unpaired) electrons. The molecule has 0 amide bonds. The van der Waals surface area contributed by atoms with Gasteiger partial charge in [0.2, 0.25) is 0 Å². The number of benzene rings is 1. The molecule has 0 saturated heterocycles. The molecule has 118 valence electrons. The predicted molar refractivity (Wildman–Crippen MR) is 93.3 cm³/mol. The topological polar surface area (TPSA) is 45.2 Å². The van der Waals surface area contributed by atoms with Crippen LogP contribution < -0.4 is 5.32 Å². The Kier molecular flexibility index (Phi) is 3.88. The van der Waals surface area contributed by atoms with Gasteiger partial charge in [0.1, 0.15) is 0 Å². The first-order valence-electron chi connectivity index (χ1n) is 8.51. The van der Waals surface area contributed by atoms with Gasteiger partial charge in [0.15, 0.2) is 0 Å². The number of fused-ring (bicyclic) bond motifs is 2. The lowest BCUT2D eigenvalue weighted by Crippen LogP contribution is -2.18. The number of rotatable bonds is 3. The van der Waals surface area contributed by atoms with Gasteiger partial charge in [-0.15, -0.1) is 0 Å². The van der Waals surface area contributed by atoms with E-state index in [2.05, 4.69) is 41.7 Å². The Hall–Kier alpha value is -2.13. The Bertz CT molecular complexity index is 737. The summed E-state index contributed by atoms with van der Waals surface area (Å²) in [7, 11) is 0. The highest BCUT2D eigenvalue weighted by molar-refractivity contribution is 5.68. The Morgan fingerprint density at radius 3 is 2.87 bits per heavy atom. The van der Waals surface area contributed by atoms with E-state index in [1.54, 1.807) is 0 Å². The number of aliphatic hydroxyl groups is 1. The van der Waals surface area contributed by atoms with Crippen LogP contribution in [0, 0.1) is 0 Å². The number of hydrogen-bond donors (Lipinski definition) is 2. The van der Waals surface area contributed by atoms with E-state index in [4.69, 9.17) is 4.98 Å². The maximum atomic E-state index is 10.4. The van der Waals surface area contributed by atoms with Gasteiger partial charge in [-0.3, -0.25) is 0 Å². The standard InChI is InChI=1S/C20H22N2O/c23-18-12-6-10-16-19(21-13-14-7-2-1-3-8-14)15-9-4-5-11-17(15)22-20(16)18/h1-3,5,7-8,11,18,23H,4,6,9-10,12-13H2,(H,21,22). The van der Waals surface area contributed by atoms with Crippen molar-refractivity contribution >= 4 is 11.8 Å². The van der Waals surface area contributed by atoms with Crippen LogP contribution in [0.4, 0.5) is 5.69 Å². The van der Waals surface area contributed by atoms with E-state index in [0.717, 1.165) is 50.0 Å². The van der Waals surface area contributed by atoms with Gasteiger partial charge in [-0.25, -0.2) is 4.98 Å². The molecule has 2 N–H and O–H groups in total. The molecule has 1 atom stereocenters. The van der Waals surface area contributed by atoms with E-state index in [9.17, 15) is 5.11 Å². The first-order valence-corrected chi connectivity index (χ1v) is 8.51. The highest BCUT2D eigenvalue weighted by Gasteiger charge is 2.26. The first-order chi connectivity index (χ1) is 11.3. The van der Waals surface area contributed by atoms with Crippen LogP contribution >= 0.6 is 0 Å². The molecule has 1 unspecified atom stereocenters. The second-order valence-corrected chi connectivity index (χ2v) is 6.40. The number of nitrogens with one attached hydrogen (secondary N) is 1. The Morgan fingerprint density at radius 2 is 2.00 bits per heavy atom. The van der Waals surface area contributed by atoms with Gasteiger partial charge >= 0.3 is 0 Å². The Balaban J connectivity index is 1.74. The van der Waals surface area contributed by atoms with Crippen molar-refractivity contribution in [2.45, 2.75) is 44.8 Å². The minimum atomic E-state index is -0.420. The van der Waals surface area contributed by atoms with Crippen LogP contribution in [0.1, 0.15) is 53.4 Å². The first kappa shape index (κ1) is 14.5. The summed E-state index contributed by atoms with van der Waals surface area (Å²) in [5.74, 6) is 0. The van der Waals surface area contributed by atoms with Gasteiger partial charge in [-0.2, -0.15) is 0 Å². The van der Waals surface area contributed by atoms with Crippen molar-refractivity contribution in [1.29, 1.82) is 0 Å². The van der Waals surface area contributed by atoms with Crippen LogP contribution in [-0.2, 0) is 19.4 Å². The molecule has 2 aliphatic rings. The van der Waals surface area contributed by atoms with Crippen molar-refractivity contribution in [1.82, 2.24) is 4.98 Å². The highest BCUT2D eigenvalue weighted by atomic mass is 16.3. The van der Waals surface area contributed by atoms with Crippen molar-refractivity contribution in [2.24, 2.45) is 0 Å². The van der Waals surface area contributed by atoms with Crippen LogP contribution in [0.3, 0.4) is 0 Å². The average molecular weight is 306 g/mol. The van der Waals surface area contributed by atoms with Gasteiger partial charge in [0.05, 0.1) is 17.5 Å². The molecule has 1 heterocycles. The minimum Gasteiger partial charge on any atom is -0.387 e. The van der Waals surface area contributed by atoms with Crippen LogP contribution in [0.15, 0.2) is 36.4 Å². The lowest BCUT2D eigenvalue weighted by atomic mass is 9.87. The summed E-state index contributed by atoms with van der Waals surface area (Å²) >= 11 is 0. The molecule has 1 aromatic heterocycles. The summed E-state index contributed by atoms with van der Waals surface area (Å²) < 4.78 is 0. The fourth-order valence-corrected chi connectivity index (χ4v) is 3.65. The van der Waals surface area contributed by atoms with Crippen LogP contribution in [0.25, 0.3) is 6.08 Å². The molecule has 0 fully saturated rings. The monoisotopic (exact) mass is 306 g/mol. The number of anilines is 1. The zero-order valence-corrected chi connectivity index (χ0v) is 13.3. The third-order valence-corrected chi connectivity index (χ3v) is 4.83. The van der Waals surface area contributed by atoms with Crippen LogP contribution in [-0.4, -0.2) is 10.1 Å². The maximum absolute atomic E-state index is 10.4. The van der Waals surface area contributed by atoms with Gasteiger partial charge in [0, 0.05) is 17.8 Å². The zero-order valence-electron chi connectivity index (χ0n) is 13.3. The number of aromatic nitrogens is 1. The van der Waals surface area contributed by atoms with Crippen molar-refractivity contribution in [2.75, 3.05) is 5.32 Å². The lowest BCUT2D eigenvalue weighted by Gasteiger charge is -2.27. The quantitative estimate of drug-likeness (QED) is 0.900. The number of allylic oxidation sites excluding steroid dienone is 1. The van der Waals surface area contributed by atoms with Gasteiger partial charge in [-0.1, -0.05) is 36.4 Å². The molecule has 0 aliphatic heterocycles. The highest BCUT2D eigenvalue weighted by Crippen LogP contribution is 2.38. The average Bonchev–Trinajstić information content (AvgIpc) is 2.60. The number of hydrogen-bond acceptors (Lipinski definition) is 3. The molecule has 0 saturated carbocycles. The summed E-state index contributed by atoms with van der Waals surface area (Å²) in [6.45, 7) is 0.809. The molecule has 1 aromatic carbocycles. The summed E-state index contributed by atoms with van der Waals surface area (Å²) in [4.78, 5) is 4.77. The van der Waals surface area contributed by atoms with E-state index < -0.39 is 6.10 Å². The van der Waals surface area contributed by atoms with Crippen molar-refractivity contribution in [3.63, 3.8) is 0 Å². The fourth-order valence-electron chi connectivity index (χ4n) is 3.65. The largest absolute Gasteiger partial charge is 0.387 e. The molecule has 3 heteroatoms. The van der Waals surface area contributed by atoms with E-state index in [0.29, 0.717) is 0 Å². The summed E-state index contributed by atoms with van der Waals surface area (Å²) in [5, 5.41) is 14.0. The third kappa shape index (κ3) is 2.77. The van der Waals surface area contributed by atoms with Gasteiger partial charge in [0.25, 0.3) is 0 Å². The van der Waals surface area contributed by atoms with E-state index in [-0.39, 0.29) is 0 Å². The Morgan fingerprint density at radius 1 is 1.13 bits per heavy atom. The molecule has 2 aliphatic carbocycles. The number of nitrogens with zero attached hydrogens (tertiary/aromatic N) is 1. The molecule has 0 bridgehead atoms. The van der Waals surface area contributed by atoms with Crippen molar-refractivity contribution in [3.8, 4) is 0 Å². The van der Waals surface area contributed by atoms with E-state index in [1.807, 2.05) is 6.07 Å². The minimum absolute atomic E-state index is 0.420. The summed E-state index contributed by atoms with van der Waals surface area (Å²) in [6, 6.07) is 10.5. The normalized spacial score (nSPS) is 19.1. The molecule has 4 rings (SSSR count). The molecule has 2 aromatic rings. The molecular weight excluding hydrogens is 284 g/mol.